The molecule has 0 spiro atoms. The standard InChI is InChI=1S/C13H19FN2O2/c1-13(2,3)11(16-12(17)18)10(15)8-4-6-9(14)7-5-8/h4-7,10-11,16H,15H2,1-3H3,(H,17,18). The van der Waals surface area contributed by atoms with Crippen molar-refractivity contribution in [2.45, 2.75) is 32.9 Å². The van der Waals surface area contributed by atoms with Crippen LogP contribution in [0.25, 0.3) is 0 Å². The van der Waals surface area contributed by atoms with Crippen LogP contribution in [0.1, 0.15) is 32.4 Å². The molecule has 0 bridgehead atoms. The monoisotopic (exact) mass is 254 g/mol. The third kappa shape index (κ3) is 3.70. The van der Waals surface area contributed by atoms with E-state index in [1.54, 1.807) is 12.1 Å². The van der Waals surface area contributed by atoms with Crippen LogP contribution in [0.2, 0.25) is 0 Å². The molecule has 0 aromatic heterocycles. The van der Waals surface area contributed by atoms with Crippen LogP contribution in [0.15, 0.2) is 24.3 Å². The zero-order valence-corrected chi connectivity index (χ0v) is 10.8. The van der Waals surface area contributed by atoms with Crippen molar-refractivity contribution in [3.05, 3.63) is 35.6 Å². The van der Waals surface area contributed by atoms with E-state index < -0.39 is 18.2 Å². The zero-order valence-electron chi connectivity index (χ0n) is 10.8. The summed E-state index contributed by atoms with van der Waals surface area (Å²) in [6, 6.07) is 4.79. The maximum atomic E-state index is 12.8. The third-order valence-corrected chi connectivity index (χ3v) is 2.83. The number of hydrogen-bond donors (Lipinski definition) is 3. The normalized spacial score (nSPS) is 14.9. The van der Waals surface area contributed by atoms with Gasteiger partial charge >= 0.3 is 6.09 Å². The largest absolute Gasteiger partial charge is 0.465 e. The van der Waals surface area contributed by atoms with Crippen LogP contribution >= 0.6 is 0 Å². The second-order valence-electron chi connectivity index (χ2n) is 5.37. The molecule has 0 aliphatic carbocycles. The highest BCUT2D eigenvalue weighted by atomic mass is 19.1. The highest BCUT2D eigenvalue weighted by Gasteiger charge is 2.32. The molecular weight excluding hydrogens is 235 g/mol. The molecule has 18 heavy (non-hydrogen) atoms. The lowest BCUT2D eigenvalue weighted by Crippen LogP contribution is -2.49. The van der Waals surface area contributed by atoms with E-state index >= 15 is 0 Å². The average Bonchev–Trinajstić information content (AvgIpc) is 2.24. The molecule has 0 fully saturated rings. The van der Waals surface area contributed by atoms with Crippen molar-refractivity contribution in [3.8, 4) is 0 Å². The highest BCUT2D eigenvalue weighted by molar-refractivity contribution is 5.65. The second kappa shape index (κ2) is 5.35. The van der Waals surface area contributed by atoms with Gasteiger partial charge in [-0.25, -0.2) is 9.18 Å². The summed E-state index contributed by atoms with van der Waals surface area (Å²) >= 11 is 0. The van der Waals surface area contributed by atoms with Crippen LogP contribution in [0.3, 0.4) is 0 Å². The van der Waals surface area contributed by atoms with Crippen LogP contribution in [0.4, 0.5) is 9.18 Å². The molecule has 100 valence electrons. The Labute approximate surface area is 106 Å². The molecule has 4 nitrogen and oxygen atoms in total. The molecule has 5 heteroatoms. The molecule has 0 aliphatic heterocycles. The van der Waals surface area contributed by atoms with Crippen LogP contribution in [-0.2, 0) is 0 Å². The van der Waals surface area contributed by atoms with Crippen molar-refractivity contribution >= 4 is 6.09 Å². The fraction of sp³-hybridized carbons (Fsp3) is 0.462. The molecule has 0 heterocycles. The van der Waals surface area contributed by atoms with Gasteiger partial charge in [0, 0.05) is 0 Å². The lowest BCUT2D eigenvalue weighted by molar-refractivity contribution is 0.166. The quantitative estimate of drug-likeness (QED) is 0.775. The first kappa shape index (κ1) is 14.4. The molecule has 2 unspecified atom stereocenters. The number of hydrogen-bond acceptors (Lipinski definition) is 2. The summed E-state index contributed by atoms with van der Waals surface area (Å²) in [7, 11) is 0. The Balaban J connectivity index is 2.98. The van der Waals surface area contributed by atoms with Crippen LogP contribution in [0, 0.1) is 11.2 Å². The van der Waals surface area contributed by atoms with Crippen molar-refractivity contribution < 1.29 is 14.3 Å². The Hall–Kier alpha value is -1.62. The van der Waals surface area contributed by atoms with E-state index in [2.05, 4.69) is 5.32 Å². The van der Waals surface area contributed by atoms with E-state index in [9.17, 15) is 9.18 Å². The predicted octanol–water partition coefficient (Wildman–Crippen LogP) is 2.51. The van der Waals surface area contributed by atoms with Crippen LogP contribution in [-0.4, -0.2) is 17.2 Å². The van der Waals surface area contributed by atoms with Gasteiger partial charge in [-0.15, -0.1) is 0 Å². The summed E-state index contributed by atoms with van der Waals surface area (Å²) in [6.45, 7) is 5.70. The first-order chi connectivity index (χ1) is 8.21. The molecule has 0 saturated heterocycles. The topological polar surface area (TPSA) is 75.3 Å². The maximum absolute atomic E-state index is 12.8. The molecule has 1 rings (SSSR count). The van der Waals surface area contributed by atoms with Gasteiger partial charge in [0.25, 0.3) is 0 Å². The minimum Gasteiger partial charge on any atom is -0.465 e. The molecule has 1 amide bonds. The minimum atomic E-state index is -1.12. The lowest BCUT2D eigenvalue weighted by atomic mass is 9.80. The first-order valence-electron chi connectivity index (χ1n) is 5.72. The van der Waals surface area contributed by atoms with Crippen molar-refractivity contribution in [2.24, 2.45) is 11.1 Å². The summed E-state index contributed by atoms with van der Waals surface area (Å²) in [5, 5.41) is 11.3. The smallest absolute Gasteiger partial charge is 0.404 e. The molecular formula is C13H19FN2O2. The summed E-state index contributed by atoms with van der Waals surface area (Å²) in [6.07, 6.45) is -1.12. The number of carboxylic acid groups (broad SMARTS) is 1. The summed E-state index contributed by atoms with van der Waals surface area (Å²) in [5.41, 5.74) is 6.43. The second-order valence-corrected chi connectivity index (χ2v) is 5.37. The fourth-order valence-electron chi connectivity index (χ4n) is 1.86. The van der Waals surface area contributed by atoms with Gasteiger partial charge in [0.1, 0.15) is 5.82 Å². The van der Waals surface area contributed by atoms with Crippen molar-refractivity contribution in [3.63, 3.8) is 0 Å². The van der Waals surface area contributed by atoms with Crippen molar-refractivity contribution in [1.82, 2.24) is 5.32 Å². The molecule has 2 atom stereocenters. The summed E-state index contributed by atoms with van der Waals surface area (Å²) < 4.78 is 12.8. The van der Waals surface area contributed by atoms with Gasteiger partial charge in [0.05, 0.1) is 12.1 Å². The van der Waals surface area contributed by atoms with E-state index in [0.29, 0.717) is 5.56 Å². The average molecular weight is 254 g/mol. The fourth-order valence-corrected chi connectivity index (χ4v) is 1.86. The molecule has 4 N–H and O–H groups in total. The van der Waals surface area contributed by atoms with Gasteiger partial charge in [0.2, 0.25) is 0 Å². The van der Waals surface area contributed by atoms with Gasteiger partial charge in [-0.05, 0) is 23.1 Å². The number of amides is 1. The first-order valence-corrected chi connectivity index (χ1v) is 5.72. The Bertz CT molecular complexity index is 412. The Kier molecular flexibility index (Phi) is 4.29. The number of halogens is 1. The van der Waals surface area contributed by atoms with Gasteiger partial charge < -0.3 is 16.2 Å². The van der Waals surface area contributed by atoms with Crippen molar-refractivity contribution in [1.29, 1.82) is 0 Å². The summed E-state index contributed by atoms with van der Waals surface area (Å²) in [4.78, 5) is 10.8. The van der Waals surface area contributed by atoms with Gasteiger partial charge in [0.15, 0.2) is 0 Å². The number of carbonyl (C=O) groups is 1. The number of rotatable bonds is 3. The van der Waals surface area contributed by atoms with Crippen molar-refractivity contribution in [2.75, 3.05) is 0 Å². The molecule has 0 aliphatic rings. The van der Waals surface area contributed by atoms with E-state index in [0.717, 1.165) is 0 Å². The number of benzene rings is 1. The summed E-state index contributed by atoms with van der Waals surface area (Å²) in [5.74, 6) is -0.343. The van der Waals surface area contributed by atoms with Crippen LogP contribution in [0.5, 0.6) is 0 Å². The Morgan fingerprint density at radius 2 is 1.83 bits per heavy atom. The molecule has 1 aromatic rings. The van der Waals surface area contributed by atoms with E-state index in [-0.39, 0.29) is 11.2 Å². The van der Waals surface area contributed by atoms with E-state index in [1.165, 1.54) is 12.1 Å². The third-order valence-electron chi connectivity index (χ3n) is 2.83. The molecule has 0 radical (unpaired) electrons. The van der Waals surface area contributed by atoms with E-state index in [4.69, 9.17) is 10.8 Å². The Morgan fingerprint density at radius 1 is 1.33 bits per heavy atom. The molecule has 1 aromatic carbocycles. The number of nitrogens with two attached hydrogens (primary N) is 1. The van der Waals surface area contributed by atoms with Gasteiger partial charge in [-0.3, -0.25) is 0 Å². The predicted molar refractivity (Wildman–Crippen MR) is 67.7 cm³/mol. The maximum Gasteiger partial charge on any atom is 0.404 e. The van der Waals surface area contributed by atoms with E-state index in [1.807, 2.05) is 20.8 Å². The SMILES string of the molecule is CC(C)(C)C(NC(=O)O)C(N)c1ccc(F)cc1. The minimum absolute atomic E-state index is 0.341. The van der Waals surface area contributed by atoms with Gasteiger partial charge in [-0.1, -0.05) is 32.9 Å². The highest BCUT2D eigenvalue weighted by Crippen LogP contribution is 2.28. The Morgan fingerprint density at radius 3 is 2.22 bits per heavy atom. The zero-order chi connectivity index (χ0) is 13.9. The van der Waals surface area contributed by atoms with Crippen LogP contribution < -0.4 is 11.1 Å². The van der Waals surface area contributed by atoms with Gasteiger partial charge in [-0.2, -0.15) is 0 Å². The number of nitrogens with one attached hydrogen (secondary N) is 1. The molecule has 0 saturated carbocycles. The lowest BCUT2D eigenvalue weighted by Gasteiger charge is -2.35.